The fourth-order valence-electron chi connectivity index (χ4n) is 3.95. The zero-order chi connectivity index (χ0) is 19.5. The number of fused-ring (bicyclic) bond motifs is 1. The molecule has 146 valence electrons. The van der Waals surface area contributed by atoms with Gasteiger partial charge in [-0.15, -0.1) is 0 Å². The lowest BCUT2D eigenvalue weighted by Crippen LogP contribution is -2.45. The molecule has 2 heterocycles. The zero-order valence-electron chi connectivity index (χ0n) is 16.1. The van der Waals surface area contributed by atoms with Crippen LogP contribution in [-0.4, -0.2) is 39.5 Å². The molecule has 1 amide bonds. The van der Waals surface area contributed by atoms with E-state index in [0.29, 0.717) is 19.5 Å². The Morgan fingerprint density at radius 2 is 2.00 bits per heavy atom. The molecule has 0 saturated carbocycles. The Bertz CT molecular complexity index is 966. The molecule has 4 rings (SSSR count). The Labute approximate surface area is 164 Å². The molecule has 0 bridgehead atoms. The minimum Gasteiger partial charge on any atom is -0.381 e. The van der Waals surface area contributed by atoms with Crippen LogP contribution in [0.2, 0.25) is 0 Å². The van der Waals surface area contributed by atoms with Crippen LogP contribution in [0.3, 0.4) is 0 Å². The maximum Gasteiger partial charge on any atom is 0.224 e. The highest BCUT2D eigenvalue weighted by Crippen LogP contribution is 2.19. The Balaban J connectivity index is 1.36. The number of nitrogens with one attached hydrogen (secondary N) is 1. The molecule has 1 saturated heterocycles. The lowest BCUT2D eigenvalue weighted by molar-refractivity contribution is -0.132. The highest BCUT2D eigenvalue weighted by atomic mass is 19.1. The molecule has 6 heteroatoms. The highest BCUT2D eigenvalue weighted by molar-refractivity contribution is 5.78. The maximum atomic E-state index is 13.1. The van der Waals surface area contributed by atoms with Crippen molar-refractivity contribution in [2.75, 3.05) is 18.4 Å². The normalized spacial score (nSPS) is 17.1. The van der Waals surface area contributed by atoms with E-state index in [1.807, 2.05) is 36.1 Å². The van der Waals surface area contributed by atoms with E-state index in [0.717, 1.165) is 41.9 Å². The molecule has 0 radical (unpaired) electrons. The molecule has 1 aromatic heterocycles. The largest absolute Gasteiger partial charge is 0.381 e. The summed E-state index contributed by atoms with van der Waals surface area (Å²) in [5.41, 5.74) is 2.93. The van der Waals surface area contributed by atoms with Crippen molar-refractivity contribution in [2.24, 2.45) is 0 Å². The molecule has 0 aliphatic carbocycles. The van der Waals surface area contributed by atoms with Gasteiger partial charge in [0.15, 0.2) is 0 Å². The minimum atomic E-state index is -0.242. The molecule has 3 aromatic rings. The van der Waals surface area contributed by atoms with E-state index >= 15 is 0 Å². The van der Waals surface area contributed by atoms with Gasteiger partial charge in [-0.1, -0.05) is 12.1 Å². The summed E-state index contributed by atoms with van der Waals surface area (Å²) in [5, 5.41) is 3.42. The number of piperidine rings is 1. The number of carbonyl (C=O) groups is 1. The van der Waals surface area contributed by atoms with Crippen molar-refractivity contribution in [1.29, 1.82) is 0 Å². The number of anilines is 1. The Kier molecular flexibility index (Phi) is 5.28. The molecule has 1 aliphatic heterocycles. The van der Waals surface area contributed by atoms with Crippen molar-refractivity contribution < 1.29 is 9.18 Å². The van der Waals surface area contributed by atoms with E-state index in [4.69, 9.17) is 0 Å². The molecular weight excluding hydrogens is 355 g/mol. The topological polar surface area (TPSA) is 50.2 Å². The van der Waals surface area contributed by atoms with Gasteiger partial charge in [0.05, 0.1) is 11.0 Å². The van der Waals surface area contributed by atoms with Crippen LogP contribution >= 0.6 is 0 Å². The standard InChI is InChI=1S/C22H25FN4O/c1-16-24-20-6-2-3-7-21(20)27(16)14-12-22(28)26-13-4-5-19(15-26)25-18-10-8-17(23)9-11-18/h2-3,6-11,19,25H,4-5,12-15H2,1H3/t19-/m0/s1. The Morgan fingerprint density at radius 3 is 2.82 bits per heavy atom. The molecule has 1 atom stereocenters. The number of benzene rings is 2. The third-order valence-electron chi connectivity index (χ3n) is 5.38. The summed E-state index contributed by atoms with van der Waals surface area (Å²) < 4.78 is 15.2. The number of para-hydroxylation sites is 2. The number of aryl methyl sites for hydroxylation is 2. The van der Waals surface area contributed by atoms with E-state index in [1.165, 1.54) is 12.1 Å². The molecule has 0 spiro atoms. The van der Waals surface area contributed by atoms with Crippen LogP contribution in [0.1, 0.15) is 25.1 Å². The lowest BCUT2D eigenvalue weighted by atomic mass is 10.0. The average Bonchev–Trinajstić information content (AvgIpc) is 3.03. The van der Waals surface area contributed by atoms with Gasteiger partial charge in [-0.25, -0.2) is 9.37 Å². The van der Waals surface area contributed by atoms with E-state index in [1.54, 1.807) is 12.1 Å². The van der Waals surface area contributed by atoms with E-state index in [-0.39, 0.29) is 17.8 Å². The first kappa shape index (κ1) is 18.5. The van der Waals surface area contributed by atoms with Crippen molar-refractivity contribution in [1.82, 2.24) is 14.5 Å². The van der Waals surface area contributed by atoms with Gasteiger partial charge in [0.25, 0.3) is 0 Å². The van der Waals surface area contributed by atoms with Crippen LogP contribution in [0.15, 0.2) is 48.5 Å². The zero-order valence-corrected chi connectivity index (χ0v) is 16.1. The quantitative estimate of drug-likeness (QED) is 0.728. The monoisotopic (exact) mass is 380 g/mol. The second-order valence-corrected chi connectivity index (χ2v) is 7.38. The van der Waals surface area contributed by atoms with Crippen LogP contribution in [0.4, 0.5) is 10.1 Å². The van der Waals surface area contributed by atoms with Gasteiger partial charge in [-0.2, -0.15) is 0 Å². The second-order valence-electron chi connectivity index (χ2n) is 7.38. The fraction of sp³-hybridized carbons (Fsp3) is 0.364. The smallest absolute Gasteiger partial charge is 0.224 e. The van der Waals surface area contributed by atoms with E-state index in [9.17, 15) is 9.18 Å². The van der Waals surface area contributed by atoms with Gasteiger partial charge >= 0.3 is 0 Å². The number of carbonyl (C=O) groups excluding carboxylic acids is 1. The molecule has 1 aliphatic rings. The van der Waals surface area contributed by atoms with Gasteiger partial charge in [-0.3, -0.25) is 4.79 Å². The SMILES string of the molecule is Cc1nc2ccccc2n1CCC(=O)N1CCC[C@H](Nc2ccc(F)cc2)C1. The molecule has 0 unspecified atom stereocenters. The molecule has 28 heavy (non-hydrogen) atoms. The number of nitrogens with zero attached hydrogens (tertiary/aromatic N) is 3. The second kappa shape index (κ2) is 8.00. The van der Waals surface area contributed by atoms with Crippen LogP contribution in [-0.2, 0) is 11.3 Å². The number of amides is 1. The van der Waals surface area contributed by atoms with Gasteiger partial charge in [0, 0.05) is 37.8 Å². The molecule has 2 aromatic carbocycles. The highest BCUT2D eigenvalue weighted by Gasteiger charge is 2.23. The van der Waals surface area contributed by atoms with Gasteiger partial charge in [-0.05, 0) is 56.2 Å². The summed E-state index contributed by atoms with van der Waals surface area (Å²) in [4.78, 5) is 19.3. The molecule has 5 nitrogen and oxygen atoms in total. The Hall–Kier alpha value is -2.89. The summed E-state index contributed by atoms with van der Waals surface area (Å²) >= 11 is 0. The summed E-state index contributed by atoms with van der Waals surface area (Å²) in [5.74, 6) is 0.861. The minimum absolute atomic E-state index is 0.169. The van der Waals surface area contributed by atoms with E-state index in [2.05, 4.69) is 14.9 Å². The first-order chi connectivity index (χ1) is 13.6. The summed E-state index contributed by atoms with van der Waals surface area (Å²) in [6, 6.07) is 14.6. The fourth-order valence-corrected chi connectivity index (χ4v) is 3.95. The van der Waals surface area contributed by atoms with Crippen LogP contribution in [0, 0.1) is 12.7 Å². The number of aromatic nitrogens is 2. The first-order valence-corrected chi connectivity index (χ1v) is 9.82. The van der Waals surface area contributed by atoms with Gasteiger partial charge < -0.3 is 14.8 Å². The third kappa shape index (κ3) is 4.01. The molecule has 1 fully saturated rings. The van der Waals surface area contributed by atoms with Crippen molar-refractivity contribution >= 4 is 22.6 Å². The van der Waals surface area contributed by atoms with Crippen LogP contribution in [0.25, 0.3) is 11.0 Å². The number of likely N-dealkylation sites (tertiary alicyclic amines) is 1. The number of hydrogen-bond donors (Lipinski definition) is 1. The third-order valence-corrected chi connectivity index (χ3v) is 5.38. The van der Waals surface area contributed by atoms with Crippen molar-refractivity contribution in [3.8, 4) is 0 Å². The summed E-state index contributed by atoms with van der Waals surface area (Å²) in [7, 11) is 0. The van der Waals surface area contributed by atoms with Crippen molar-refractivity contribution in [2.45, 2.75) is 38.8 Å². The number of halogens is 1. The number of rotatable bonds is 5. The van der Waals surface area contributed by atoms with Crippen LogP contribution in [0.5, 0.6) is 0 Å². The van der Waals surface area contributed by atoms with E-state index < -0.39 is 0 Å². The summed E-state index contributed by atoms with van der Waals surface area (Å²) in [6.45, 7) is 4.09. The van der Waals surface area contributed by atoms with Gasteiger partial charge in [0.2, 0.25) is 5.91 Å². The first-order valence-electron chi connectivity index (χ1n) is 9.82. The summed E-state index contributed by atoms with van der Waals surface area (Å²) in [6.07, 6.45) is 2.44. The average molecular weight is 380 g/mol. The van der Waals surface area contributed by atoms with Gasteiger partial charge in [0.1, 0.15) is 11.6 Å². The predicted molar refractivity (Wildman–Crippen MR) is 109 cm³/mol. The number of imidazole rings is 1. The lowest BCUT2D eigenvalue weighted by Gasteiger charge is -2.34. The number of hydrogen-bond acceptors (Lipinski definition) is 3. The van der Waals surface area contributed by atoms with Crippen molar-refractivity contribution in [3.05, 3.63) is 60.2 Å². The maximum absolute atomic E-state index is 13.1. The van der Waals surface area contributed by atoms with Crippen molar-refractivity contribution in [3.63, 3.8) is 0 Å². The predicted octanol–water partition coefficient (Wildman–Crippen LogP) is 3.98. The Morgan fingerprint density at radius 1 is 1.21 bits per heavy atom. The molecule has 1 N–H and O–H groups in total. The van der Waals surface area contributed by atoms with Crippen LogP contribution < -0.4 is 5.32 Å². The molecular formula is C22H25FN4O.